The lowest BCUT2D eigenvalue weighted by atomic mass is 10.2. The fraction of sp³-hybridized carbons (Fsp3) is 0.476. The van der Waals surface area contributed by atoms with Crippen LogP contribution in [-0.4, -0.2) is 84.1 Å². The van der Waals surface area contributed by atoms with E-state index in [1.807, 2.05) is 18.2 Å². The van der Waals surface area contributed by atoms with Crippen molar-refractivity contribution >= 4 is 23.1 Å². The van der Waals surface area contributed by atoms with Crippen molar-refractivity contribution in [1.82, 2.24) is 25.1 Å². The molecule has 10 nitrogen and oxygen atoms in total. The number of rotatable bonds is 8. The Bertz CT molecular complexity index is 937. The van der Waals surface area contributed by atoms with Gasteiger partial charge in [0.2, 0.25) is 0 Å². The molecule has 10 heteroatoms. The van der Waals surface area contributed by atoms with Gasteiger partial charge in [-0.15, -0.1) is 0 Å². The summed E-state index contributed by atoms with van der Waals surface area (Å²) < 4.78 is 5.92. The largest absolute Gasteiger partial charge is 0.493 e. The number of hydrogen-bond donors (Lipinski definition) is 4. The number of Topliss-reactive ketones (excluding diaryl/α,β-unsaturated/α-hetero) is 1. The van der Waals surface area contributed by atoms with Crippen molar-refractivity contribution < 1.29 is 14.3 Å². The summed E-state index contributed by atoms with van der Waals surface area (Å²) >= 11 is 0. The molecule has 1 aromatic carbocycles. The second-order valence-electron chi connectivity index (χ2n) is 7.93. The zero-order valence-electron chi connectivity index (χ0n) is 17.9. The SMILES string of the molecule is CC(=O)c1nc[nH]c1C(=O)NC1Nc2ccc(OCCCN3CCN(C)CC3)cc2N1. The molecule has 1 saturated heterocycles. The number of ketones is 1. The Labute approximate surface area is 181 Å². The predicted molar refractivity (Wildman–Crippen MR) is 118 cm³/mol. The summed E-state index contributed by atoms with van der Waals surface area (Å²) in [4.78, 5) is 35.5. The van der Waals surface area contributed by atoms with Gasteiger partial charge in [0.1, 0.15) is 17.1 Å². The number of hydrogen-bond acceptors (Lipinski definition) is 8. The highest BCUT2D eigenvalue weighted by Gasteiger charge is 2.25. The van der Waals surface area contributed by atoms with Crippen LogP contribution in [0.1, 0.15) is 34.3 Å². The fourth-order valence-corrected chi connectivity index (χ4v) is 3.76. The van der Waals surface area contributed by atoms with E-state index in [1.165, 1.54) is 13.3 Å². The average molecular weight is 428 g/mol. The van der Waals surface area contributed by atoms with Gasteiger partial charge in [-0.1, -0.05) is 0 Å². The maximum atomic E-state index is 12.5. The number of ether oxygens (including phenoxy) is 1. The van der Waals surface area contributed by atoms with Crippen molar-refractivity contribution in [3.8, 4) is 5.75 Å². The topological polar surface area (TPSA) is 115 Å². The van der Waals surface area contributed by atoms with E-state index >= 15 is 0 Å². The first kappa shape index (κ1) is 21.1. The Kier molecular flexibility index (Phi) is 6.38. The van der Waals surface area contributed by atoms with Crippen LogP contribution in [0, 0.1) is 0 Å². The van der Waals surface area contributed by atoms with Crippen molar-refractivity contribution in [3.63, 3.8) is 0 Å². The Morgan fingerprint density at radius 1 is 1.19 bits per heavy atom. The lowest BCUT2D eigenvalue weighted by Gasteiger charge is -2.32. The van der Waals surface area contributed by atoms with Gasteiger partial charge in [-0.2, -0.15) is 0 Å². The molecule has 0 aliphatic carbocycles. The number of nitrogens with one attached hydrogen (secondary N) is 4. The summed E-state index contributed by atoms with van der Waals surface area (Å²) in [6.45, 7) is 7.56. The quantitative estimate of drug-likeness (QED) is 0.367. The molecule has 1 atom stereocenters. The highest BCUT2D eigenvalue weighted by molar-refractivity contribution is 6.05. The van der Waals surface area contributed by atoms with Crippen molar-refractivity contribution in [1.29, 1.82) is 0 Å². The van der Waals surface area contributed by atoms with Gasteiger partial charge >= 0.3 is 0 Å². The van der Waals surface area contributed by atoms with Crippen LogP contribution in [0.25, 0.3) is 0 Å². The summed E-state index contributed by atoms with van der Waals surface area (Å²) in [6, 6.07) is 5.75. The zero-order valence-corrected chi connectivity index (χ0v) is 17.9. The third kappa shape index (κ3) is 5.15. The predicted octanol–water partition coefficient (Wildman–Crippen LogP) is 1.18. The number of benzene rings is 1. The Hall–Kier alpha value is -3.11. The summed E-state index contributed by atoms with van der Waals surface area (Å²) in [6.07, 6.45) is 1.81. The molecule has 0 radical (unpaired) electrons. The van der Waals surface area contributed by atoms with E-state index in [0.717, 1.165) is 56.3 Å². The number of aromatic amines is 1. The molecular formula is C21H29N7O3. The third-order valence-electron chi connectivity index (χ3n) is 5.55. The lowest BCUT2D eigenvalue weighted by Crippen LogP contribution is -2.44. The summed E-state index contributed by atoms with van der Waals surface area (Å²) in [5.74, 6) is 0.100. The normalized spacial score (nSPS) is 18.7. The first-order chi connectivity index (χ1) is 15.0. The number of H-pyrrole nitrogens is 1. The number of likely N-dealkylation sites (N-methyl/N-ethyl adjacent to an activating group) is 1. The number of anilines is 2. The van der Waals surface area contributed by atoms with Gasteiger partial charge in [-0.25, -0.2) is 4.98 Å². The molecule has 1 unspecified atom stereocenters. The van der Waals surface area contributed by atoms with E-state index in [2.05, 4.69) is 42.8 Å². The molecular weight excluding hydrogens is 398 g/mol. The molecule has 2 aliphatic rings. The van der Waals surface area contributed by atoms with Gasteiger partial charge in [-0.05, 0) is 25.6 Å². The van der Waals surface area contributed by atoms with Crippen molar-refractivity contribution in [2.75, 3.05) is 57.0 Å². The van der Waals surface area contributed by atoms with Gasteiger partial charge in [-0.3, -0.25) is 9.59 Å². The minimum Gasteiger partial charge on any atom is -0.493 e. The molecule has 0 bridgehead atoms. The molecule has 0 spiro atoms. The molecule has 1 amide bonds. The molecule has 166 valence electrons. The molecule has 31 heavy (non-hydrogen) atoms. The number of aromatic nitrogens is 2. The summed E-state index contributed by atoms with van der Waals surface area (Å²) in [7, 11) is 2.16. The Morgan fingerprint density at radius 3 is 2.74 bits per heavy atom. The molecule has 3 heterocycles. The van der Waals surface area contributed by atoms with E-state index in [4.69, 9.17) is 4.74 Å². The summed E-state index contributed by atoms with van der Waals surface area (Å²) in [5.41, 5.74) is 1.99. The van der Waals surface area contributed by atoms with Crippen LogP contribution in [0.3, 0.4) is 0 Å². The third-order valence-corrected chi connectivity index (χ3v) is 5.55. The van der Waals surface area contributed by atoms with Gasteiger partial charge in [0, 0.05) is 45.7 Å². The fourth-order valence-electron chi connectivity index (χ4n) is 3.76. The minimum atomic E-state index is -0.502. The number of amides is 1. The number of carbonyl (C=O) groups is 2. The maximum Gasteiger partial charge on any atom is 0.273 e. The number of nitrogens with zero attached hydrogens (tertiary/aromatic N) is 3. The van der Waals surface area contributed by atoms with Crippen LogP contribution < -0.4 is 20.7 Å². The van der Waals surface area contributed by atoms with E-state index in [1.54, 1.807) is 0 Å². The van der Waals surface area contributed by atoms with Crippen LogP contribution in [-0.2, 0) is 0 Å². The molecule has 1 fully saturated rings. The Morgan fingerprint density at radius 2 is 1.97 bits per heavy atom. The van der Waals surface area contributed by atoms with Crippen molar-refractivity contribution in [3.05, 3.63) is 35.9 Å². The number of piperazine rings is 1. The summed E-state index contributed by atoms with van der Waals surface area (Å²) in [5, 5.41) is 9.20. The highest BCUT2D eigenvalue weighted by atomic mass is 16.5. The van der Waals surface area contributed by atoms with Crippen LogP contribution in [0.5, 0.6) is 5.75 Å². The second-order valence-corrected chi connectivity index (χ2v) is 7.93. The molecule has 0 saturated carbocycles. The van der Waals surface area contributed by atoms with Crippen molar-refractivity contribution in [2.45, 2.75) is 19.6 Å². The first-order valence-electron chi connectivity index (χ1n) is 10.6. The zero-order chi connectivity index (χ0) is 21.8. The smallest absolute Gasteiger partial charge is 0.273 e. The van der Waals surface area contributed by atoms with E-state index < -0.39 is 12.2 Å². The first-order valence-corrected chi connectivity index (χ1v) is 10.6. The monoisotopic (exact) mass is 427 g/mol. The molecule has 2 aliphatic heterocycles. The molecule has 1 aromatic heterocycles. The van der Waals surface area contributed by atoms with Gasteiger partial charge < -0.3 is 35.5 Å². The van der Waals surface area contributed by atoms with Crippen LogP contribution in [0.2, 0.25) is 0 Å². The number of fused-ring (bicyclic) bond motifs is 1. The standard InChI is InChI=1S/C21H29N7O3/c1-14(29)18-19(23-13-22-18)20(30)26-21-24-16-5-4-15(12-17(16)25-21)31-11-3-6-28-9-7-27(2)8-10-28/h4-5,12-13,21,24-25H,3,6-11H2,1-2H3,(H,22,23)(H,26,30). The average Bonchev–Trinajstić information content (AvgIpc) is 3.39. The van der Waals surface area contributed by atoms with E-state index in [0.29, 0.717) is 6.61 Å². The molecule has 4 N–H and O–H groups in total. The lowest BCUT2D eigenvalue weighted by molar-refractivity contribution is 0.0927. The van der Waals surface area contributed by atoms with Crippen LogP contribution in [0.15, 0.2) is 24.5 Å². The van der Waals surface area contributed by atoms with Crippen molar-refractivity contribution in [2.24, 2.45) is 0 Å². The molecule has 4 rings (SSSR count). The van der Waals surface area contributed by atoms with Gasteiger partial charge in [0.15, 0.2) is 12.1 Å². The van der Waals surface area contributed by atoms with Gasteiger partial charge in [0.05, 0.1) is 24.3 Å². The number of carbonyl (C=O) groups excluding carboxylic acids is 2. The Balaban J connectivity index is 1.24. The minimum absolute atomic E-state index is 0.125. The van der Waals surface area contributed by atoms with E-state index in [9.17, 15) is 9.59 Å². The van der Waals surface area contributed by atoms with E-state index in [-0.39, 0.29) is 17.2 Å². The number of imidazole rings is 1. The maximum absolute atomic E-state index is 12.5. The highest BCUT2D eigenvalue weighted by Crippen LogP contribution is 2.32. The van der Waals surface area contributed by atoms with Crippen LogP contribution >= 0.6 is 0 Å². The van der Waals surface area contributed by atoms with Crippen LogP contribution in [0.4, 0.5) is 11.4 Å². The molecule has 2 aromatic rings. The van der Waals surface area contributed by atoms with Gasteiger partial charge in [0.25, 0.3) is 5.91 Å². The second kappa shape index (κ2) is 9.36.